The Balaban J connectivity index is 1.09. The number of aromatic amines is 2. The minimum atomic E-state index is -5.37. The SMILES string of the molecule is O=C(Nc1ccccc1-c1c2nc(c(-c3ccccc3NC(=O)C(F)(F)F)c3ccc([nH]3)c(-c3ccccc3NC(=O)C(F)(F)F)c3nc(c(-c4ccccc4NC(=O)C(F)(F)F)c4ccc1[nH]4)C=C3)C=C2)c1cccc(Cn2cncc2-c2ccc(C(F)(F)F)cc2)c1. The lowest BCUT2D eigenvalue weighted by Gasteiger charge is -2.15. The smallest absolute Gasteiger partial charge is 0.354 e. The number of hydrogen-bond donors (Lipinski definition) is 6. The number of fused-ring (bicyclic) bond motifs is 8. The molecule has 94 heavy (non-hydrogen) atoms. The van der Waals surface area contributed by atoms with Crippen LogP contribution in [-0.2, 0) is 27.1 Å². The fourth-order valence-corrected chi connectivity index (χ4v) is 10.9. The van der Waals surface area contributed by atoms with Crippen molar-refractivity contribution in [2.45, 2.75) is 31.2 Å². The summed E-state index contributed by atoms with van der Waals surface area (Å²) in [6, 6.07) is 40.0. The van der Waals surface area contributed by atoms with Gasteiger partial charge in [0.25, 0.3) is 5.91 Å². The van der Waals surface area contributed by atoms with Gasteiger partial charge in [-0.25, -0.2) is 15.0 Å². The van der Waals surface area contributed by atoms with Crippen molar-refractivity contribution in [3.05, 3.63) is 222 Å². The third-order valence-corrected chi connectivity index (χ3v) is 15.1. The van der Waals surface area contributed by atoms with E-state index in [4.69, 9.17) is 9.97 Å². The Morgan fingerprint density at radius 2 is 0.777 bits per heavy atom. The molecular formula is C68H42F12N10O4. The molecule has 26 heteroatoms. The number of benzene rings is 6. The summed E-state index contributed by atoms with van der Waals surface area (Å²) in [5.41, 5.74) is 1.18. The summed E-state index contributed by atoms with van der Waals surface area (Å²) in [6.45, 7) is 0.131. The lowest BCUT2D eigenvalue weighted by atomic mass is 10.0. The zero-order valence-electron chi connectivity index (χ0n) is 47.8. The number of para-hydroxylation sites is 4. The molecule has 0 spiro atoms. The highest BCUT2D eigenvalue weighted by Crippen LogP contribution is 2.44. The van der Waals surface area contributed by atoms with E-state index in [9.17, 15) is 71.9 Å². The molecule has 6 aromatic carbocycles. The Morgan fingerprint density at radius 1 is 0.415 bits per heavy atom. The molecule has 2 aliphatic rings. The summed E-state index contributed by atoms with van der Waals surface area (Å²) in [7, 11) is 0. The van der Waals surface area contributed by atoms with Crippen molar-refractivity contribution < 1.29 is 71.9 Å². The molecule has 0 radical (unpaired) electrons. The zero-order valence-corrected chi connectivity index (χ0v) is 47.8. The van der Waals surface area contributed by atoms with Gasteiger partial charge in [0.15, 0.2) is 0 Å². The van der Waals surface area contributed by atoms with Gasteiger partial charge in [0, 0.05) is 101 Å². The van der Waals surface area contributed by atoms with Gasteiger partial charge < -0.3 is 35.8 Å². The highest BCUT2D eigenvalue weighted by Gasteiger charge is 2.41. The molecule has 0 saturated carbocycles. The third-order valence-electron chi connectivity index (χ3n) is 15.1. The fourth-order valence-electron chi connectivity index (χ4n) is 10.9. The molecule has 2 aliphatic heterocycles. The second kappa shape index (κ2) is 24.4. The zero-order chi connectivity index (χ0) is 66.4. The lowest BCUT2D eigenvalue weighted by molar-refractivity contribution is -0.167. The molecule has 0 saturated heterocycles. The monoisotopic (exact) mass is 1290 g/mol. The number of hydrogen-bond acceptors (Lipinski definition) is 7. The van der Waals surface area contributed by atoms with Gasteiger partial charge in [0.05, 0.1) is 46.6 Å². The van der Waals surface area contributed by atoms with Gasteiger partial charge in [0.2, 0.25) is 0 Å². The minimum absolute atomic E-state index is 0.000827. The number of carbonyl (C=O) groups excluding carboxylic acids is 4. The van der Waals surface area contributed by atoms with Crippen molar-refractivity contribution >= 4 is 92.7 Å². The first-order chi connectivity index (χ1) is 44.8. The number of halogens is 12. The average Bonchev–Trinajstić information content (AvgIpc) is 1.58. The Bertz CT molecular complexity index is 4870. The van der Waals surface area contributed by atoms with Crippen LogP contribution in [0.1, 0.15) is 44.3 Å². The second-order valence-electron chi connectivity index (χ2n) is 21.2. The van der Waals surface area contributed by atoms with E-state index in [1.54, 1.807) is 71.3 Å². The molecule has 8 bridgehead atoms. The molecule has 0 aliphatic carbocycles. The minimum Gasteiger partial charge on any atom is -0.354 e. The predicted octanol–water partition coefficient (Wildman–Crippen LogP) is 17.0. The summed E-state index contributed by atoms with van der Waals surface area (Å²) < 4.78 is 168. The van der Waals surface area contributed by atoms with Crippen molar-refractivity contribution in [3.63, 3.8) is 0 Å². The van der Waals surface area contributed by atoms with Crippen LogP contribution in [0.25, 0.3) is 102 Å². The Hall–Kier alpha value is -11.8. The standard InChI is InChI=1S/C68H42F12N10O4/c69-65(70,71)39-22-20-37(21-23-39)56-33-81-35-90(56)34-36-10-9-11-38(32-36)61(91)86-44-16-5-1-12-40(44)57-48-24-26-50(82-48)58(41-13-2-6-17-45(41)87-62(92)66(72,73)74)52-28-30-54(84-52)60(43-15-4-8-19-47(43)89-64(94)68(78,79)80)55-31-29-53(85-55)59(51-27-25-49(57)83-51)42-14-3-7-18-46(42)88-63(93)67(75,76)77/h1-33,35,82,85H,34H2,(H,86,91)(H,87,92)(H,88,93)(H,89,94). The number of nitrogens with zero attached hydrogens (tertiary/aromatic N) is 4. The normalized spacial score (nSPS) is 12.4. The number of aromatic nitrogens is 6. The number of rotatable bonds is 12. The van der Waals surface area contributed by atoms with Crippen LogP contribution in [-0.4, -0.2) is 71.6 Å². The number of H-pyrrole nitrogens is 2. The van der Waals surface area contributed by atoms with Crippen molar-refractivity contribution in [2.75, 3.05) is 21.3 Å². The highest BCUT2D eigenvalue weighted by atomic mass is 19.4. The van der Waals surface area contributed by atoms with Gasteiger partial charge in [-0.2, -0.15) is 52.7 Å². The van der Waals surface area contributed by atoms with Gasteiger partial charge in [0.1, 0.15) is 0 Å². The Morgan fingerprint density at radius 3 is 1.14 bits per heavy atom. The van der Waals surface area contributed by atoms with Crippen LogP contribution in [0, 0.1) is 0 Å². The number of amides is 4. The van der Waals surface area contributed by atoms with Crippen LogP contribution in [0.4, 0.5) is 75.4 Å². The molecule has 4 aromatic heterocycles. The van der Waals surface area contributed by atoms with E-state index in [-0.39, 0.29) is 124 Å². The van der Waals surface area contributed by atoms with Crippen LogP contribution >= 0.6 is 0 Å². The predicted molar refractivity (Wildman–Crippen MR) is 331 cm³/mol. The number of imidazole rings is 1. The van der Waals surface area contributed by atoms with Gasteiger partial charge in [-0.1, -0.05) is 97.1 Å². The Labute approximate surface area is 522 Å². The summed E-state index contributed by atoms with van der Waals surface area (Å²) in [6.07, 6.45) is -11.7. The number of alkyl halides is 12. The molecular weight excluding hydrogens is 1250 g/mol. The largest absolute Gasteiger partial charge is 0.471 e. The van der Waals surface area contributed by atoms with E-state index in [2.05, 4.69) is 20.3 Å². The van der Waals surface area contributed by atoms with E-state index in [1.807, 2.05) is 16.0 Å². The van der Waals surface area contributed by atoms with Crippen LogP contribution in [0.2, 0.25) is 0 Å². The summed E-state index contributed by atoms with van der Waals surface area (Å²) in [5.74, 6) is -7.61. The van der Waals surface area contributed by atoms with Crippen LogP contribution in [0.15, 0.2) is 182 Å². The van der Waals surface area contributed by atoms with Gasteiger partial charge in [-0.3, -0.25) is 19.2 Å². The van der Waals surface area contributed by atoms with E-state index >= 15 is 0 Å². The van der Waals surface area contributed by atoms with E-state index < -0.39 is 53.9 Å². The summed E-state index contributed by atoms with van der Waals surface area (Å²) >= 11 is 0. The molecule has 12 rings (SSSR count). The van der Waals surface area contributed by atoms with Crippen molar-refractivity contribution in [1.82, 2.24) is 29.5 Å². The first-order valence-electron chi connectivity index (χ1n) is 28.0. The Kier molecular flexibility index (Phi) is 16.2. The number of anilines is 4. The maximum atomic E-state index is 14.6. The molecule has 472 valence electrons. The molecule has 10 aromatic rings. The van der Waals surface area contributed by atoms with E-state index in [0.717, 1.165) is 12.1 Å². The molecule has 4 amide bonds. The molecule has 6 N–H and O–H groups in total. The maximum absolute atomic E-state index is 14.6. The van der Waals surface area contributed by atoms with Crippen LogP contribution in [0.5, 0.6) is 0 Å². The molecule has 14 nitrogen and oxygen atoms in total. The number of carbonyl (C=O) groups is 4. The van der Waals surface area contributed by atoms with Crippen LogP contribution < -0.4 is 21.3 Å². The topological polar surface area (TPSA) is 192 Å². The first-order valence-corrected chi connectivity index (χ1v) is 28.0. The lowest BCUT2D eigenvalue weighted by Crippen LogP contribution is -2.30. The second-order valence-corrected chi connectivity index (χ2v) is 21.2. The van der Waals surface area contributed by atoms with Gasteiger partial charge in [-0.15, -0.1) is 0 Å². The molecule has 0 atom stereocenters. The van der Waals surface area contributed by atoms with Gasteiger partial charge in [-0.05, 0) is 108 Å². The number of nitrogens with one attached hydrogen (secondary N) is 6. The third kappa shape index (κ3) is 12.8. The maximum Gasteiger partial charge on any atom is 0.471 e. The van der Waals surface area contributed by atoms with E-state index in [1.165, 1.54) is 128 Å². The van der Waals surface area contributed by atoms with Crippen LogP contribution in [0.3, 0.4) is 0 Å². The molecule has 0 unspecified atom stereocenters. The van der Waals surface area contributed by atoms with Crippen molar-refractivity contribution in [2.24, 2.45) is 0 Å². The fraction of sp³-hybridized carbons (Fsp3) is 0.0735. The van der Waals surface area contributed by atoms with Gasteiger partial charge >= 0.3 is 42.4 Å². The summed E-state index contributed by atoms with van der Waals surface area (Å²) in [4.78, 5) is 73.6. The quantitative estimate of drug-likeness (QED) is 0.0656. The highest BCUT2D eigenvalue weighted by molar-refractivity contribution is 6.10. The summed E-state index contributed by atoms with van der Waals surface area (Å²) in [5, 5.41) is 8.78. The molecule has 0 fully saturated rings. The average molecular weight is 1290 g/mol. The van der Waals surface area contributed by atoms with E-state index in [0.29, 0.717) is 16.8 Å². The van der Waals surface area contributed by atoms with Crippen molar-refractivity contribution in [1.29, 1.82) is 0 Å². The van der Waals surface area contributed by atoms with Crippen molar-refractivity contribution in [3.8, 4) is 55.8 Å². The molecule has 6 heterocycles. The first kappa shape index (κ1) is 62.4.